The number of amides is 3. The van der Waals surface area contributed by atoms with Crippen LogP contribution in [0.15, 0.2) is 24.3 Å². The van der Waals surface area contributed by atoms with Gasteiger partial charge in [-0.25, -0.2) is 4.79 Å². The Bertz CT molecular complexity index is 395. The largest absolute Gasteiger partial charge is 0.370 e. The van der Waals surface area contributed by atoms with Crippen molar-refractivity contribution in [3.05, 3.63) is 29.3 Å². The maximum absolute atomic E-state index is 11.3. The minimum Gasteiger partial charge on any atom is -0.370 e. The molecular formula is C10H12ClN3O2. The summed E-state index contributed by atoms with van der Waals surface area (Å²) >= 11 is 5.74. The summed E-state index contributed by atoms with van der Waals surface area (Å²) in [6, 6.07) is 6.36. The smallest absolute Gasteiger partial charge is 0.319 e. The molecule has 3 amide bonds. The highest BCUT2D eigenvalue weighted by molar-refractivity contribution is 6.30. The molecular weight excluding hydrogens is 230 g/mol. The van der Waals surface area contributed by atoms with Gasteiger partial charge in [0.05, 0.1) is 0 Å². The second kappa shape index (κ2) is 5.97. The van der Waals surface area contributed by atoms with E-state index in [9.17, 15) is 9.59 Å². The summed E-state index contributed by atoms with van der Waals surface area (Å²) in [5, 5.41) is 5.59. The molecule has 1 aromatic carbocycles. The molecule has 0 heterocycles. The molecule has 5 nitrogen and oxygen atoms in total. The fourth-order valence-corrected chi connectivity index (χ4v) is 1.23. The van der Waals surface area contributed by atoms with Gasteiger partial charge in [0.2, 0.25) is 5.91 Å². The molecule has 0 spiro atoms. The Morgan fingerprint density at radius 2 is 2.12 bits per heavy atom. The summed E-state index contributed by atoms with van der Waals surface area (Å²) in [5.41, 5.74) is 5.51. The van der Waals surface area contributed by atoms with Gasteiger partial charge in [-0.1, -0.05) is 17.7 Å². The number of rotatable bonds is 4. The van der Waals surface area contributed by atoms with Gasteiger partial charge in [0.1, 0.15) is 0 Å². The van der Waals surface area contributed by atoms with Crippen LogP contribution in [-0.2, 0) is 4.79 Å². The molecule has 0 radical (unpaired) electrons. The molecule has 0 fully saturated rings. The zero-order valence-corrected chi connectivity index (χ0v) is 9.25. The van der Waals surface area contributed by atoms with Crippen LogP contribution in [0.2, 0.25) is 5.02 Å². The predicted molar refractivity (Wildman–Crippen MR) is 62.3 cm³/mol. The average Bonchev–Trinajstić information content (AvgIpc) is 2.16. The second-order valence-electron chi connectivity index (χ2n) is 3.11. The fourth-order valence-electron chi connectivity index (χ4n) is 1.04. The molecule has 0 saturated heterocycles. The highest BCUT2D eigenvalue weighted by Crippen LogP contribution is 2.14. The summed E-state index contributed by atoms with van der Waals surface area (Å²) in [6.45, 7) is 0.210. The molecule has 4 N–H and O–H groups in total. The molecule has 0 atom stereocenters. The average molecular weight is 242 g/mol. The summed E-state index contributed by atoms with van der Waals surface area (Å²) in [6.07, 6.45) is 0.114. The highest BCUT2D eigenvalue weighted by Gasteiger charge is 2.02. The first-order valence-electron chi connectivity index (χ1n) is 4.66. The zero-order valence-electron chi connectivity index (χ0n) is 8.50. The van der Waals surface area contributed by atoms with E-state index in [1.165, 1.54) is 0 Å². The predicted octanol–water partition coefficient (Wildman–Crippen LogP) is 1.34. The van der Waals surface area contributed by atoms with Crippen LogP contribution in [0.1, 0.15) is 6.42 Å². The molecule has 16 heavy (non-hydrogen) atoms. The number of halogens is 1. The number of nitrogens with one attached hydrogen (secondary N) is 2. The van der Waals surface area contributed by atoms with Crippen molar-refractivity contribution < 1.29 is 9.59 Å². The molecule has 1 aromatic rings. The lowest BCUT2D eigenvalue weighted by Crippen LogP contribution is -2.31. The van der Waals surface area contributed by atoms with Crippen molar-refractivity contribution in [2.24, 2.45) is 5.73 Å². The summed E-state index contributed by atoms with van der Waals surface area (Å²) < 4.78 is 0. The third-order valence-electron chi connectivity index (χ3n) is 1.74. The Morgan fingerprint density at radius 3 is 2.75 bits per heavy atom. The molecule has 0 unspecified atom stereocenters. The van der Waals surface area contributed by atoms with Gasteiger partial charge in [0.15, 0.2) is 0 Å². The first-order valence-corrected chi connectivity index (χ1v) is 5.04. The molecule has 0 aliphatic rings. The standard InChI is InChI=1S/C10H12ClN3O2/c11-7-2-1-3-8(6-7)14-10(16)13-5-4-9(12)15/h1-3,6H,4-5H2,(H2,12,15)(H2,13,14,16). The van der Waals surface area contributed by atoms with Crippen molar-refractivity contribution >= 4 is 29.2 Å². The minimum absolute atomic E-state index is 0.114. The van der Waals surface area contributed by atoms with Gasteiger partial charge >= 0.3 is 6.03 Å². The SMILES string of the molecule is NC(=O)CCNC(=O)Nc1cccc(Cl)c1. The highest BCUT2D eigenvalue weighted by atomic mass is 35.5. The monoisotopic (exact) mass is 241 g/mol. The fraction of sp³-hybridized carbons (Fsp3) is 0.200. The van der Waals surface area contributed by atoms with Crippen LogP contribution < -0.4 is 16.4 Å². The van der Waals surface area contributed by atoms with Crippen LogP contribution in [0, 0.1) is 0 Å². The van der Waals surface area contributed by atoms with E-state index in [1.807, 2.05) is 0 Å². The van der Waals surface area contributed by atoms with Gasteiger partial charge in [-0.05, 0) is 18.2 Å². The molecule has 0 aliphatic carbocycles. The number of anilines is 1. The summed E-state index contributed by atoms with van der Waals surface area (Å²) in [4.78, 5) is 21.7. The molecule has 0 aromatic heterocycles. The van der Waals surface area contributed by atoms with Gasteiger partial charge < -0.3 is 16.4 Å². The molecule has 0 saturated carbocycles. The van der Waals surface area contributed by atoms with E-state index in [-0.39, 0.29) is 13.0 Å². The van der Waals surface area contributed by atoms with Crippen LogP contribution >= 0.6 is 11.6 Å². The van der Waals surface area contributed by atoms with E-state index in [0.717, 1.165) is 0 Å². The summed E-state index contributed by atoms with van der Waals surface area (Å²) in [7, 11) is 0. The van der Waals surface area contributed by atoms with E-state index in [0.29, 0.717) is 10.7 Å². The maximum Gasteiger partial charge on any atom is 0.319 e. The Balaban J connectivity index is 2.37. The Labute approximate surface area is 98.0 Å². The number of nitrogens with two attached hydrogens (primary N) is 1. The minimum atomic E-state index is -0.456. The first kappa shape index (κ1) is 12.3. The lowest BCUT2D eigenvalue weighted by Gasteiger charge is -2.06. The Morgan fingerprint density at radius 1 is 1.38 bits per heavy atom. The van der Waals surface area contributed by atoms with Crippen molar-refractivity contribution in [1.29, 1.82) is 0 Å². The Hall–Kier alpha value is -1.75. The zero-order chi connectivity index (χ0) is 12.0. The van der Waals surface area contributed by atoms with Crippen molar-refractivity contribution in [3.8, 4) is 0 Å². The summed E-state index contributed by atoms with van der Waals surface area (Å²) in [5.74, 6) is -0.456. The third-order valence-corrected chi connectivity index (χ3v) is 1.97. The van der Waals surface area contributed by atoms with E-state index >= 15 is 0 Å². The number of primary amides is 1. The van der Waals surface area contributed by atoms with Crippen LogP contribution in [0.4, 0.5) is 10.5 Å². The van der Waals surface area contributed by atoms with Gasteiger partial charge in [-0.15, -0.1) is 0 Å². The number of urea groups is 1. The van der Waals surface area contributed by atoms with Gasteiger partial charge in [0, 0.05) is 23.7 Å². The quantitative estimate of drug-likeness (QED) is 0.743. The van der Waals surface area contributed by atoms with Gasteiger partial charge in [-0.2, -0.15) is 0 Å². The number of benzene rings is 1. The number of hydrogen-bond donors (Lipinski definition) is 3. The lowest BCUT2D eigenvalue weighted by atomic mass is 10.3. The van der Waals surface area contributed by atoms with E-state index < -0.39 is 11.9 Å². The van der Waals surface area contributed by atoms with Crippen molar-refractivity contribution in [3.63, 3.8) is 0 Å². The van der Waals surface area contributed by atoms with Crippen LogP contribution in [0.25, 0.3) is 0 Å². The molecule has 1 rings (SSSR count). The van der Waals surface area contributed by atoms with Crippen molar-refractivity contribution in [1.82, 2.24) is 5.32 Å². The first-order chi connectivity index (χ1) is 7.58. The van der Waals surface area contributed by atoms with E-state index in [2.05, 4.69) is 10.6 Å². The van der Waals surface area contributed by atoms with Gasteiger partial charge in [-0.3, -0.25) is 4.79 Å². The molecule has 6 heteroatoms. The van der Waals surface area contributed by atoms with Crippen molar-refractivity contribution in [2.75, 3.05) is 11.9 Å². The lowest BCUT2D eigenvalue weighted by molar-refractivity contribution is -0.117. The number of carbonyl (C=O) groups is 2. The molecule has 0 bridgehead atoms. The van der Waals surface area contributed by atoms with Crippen molar-refractivity contribution in [2.45, 2.75) is 6.42 Å². The van der Waals surface area contributed by atoms with Crippen LogP contribution in [0.5, 0.6) is 0 Å². The number of hydrogen-bond acceptors (Lipinski definition) is 2. The number of carbonyl (C=O) groups excluding carboxylic acids is 2. The van der Waals surface area contributed by atoms with E-state index in [1.54, 1.807) is 24.3 Å². The maximum atomic E-state index is 11.3. The van der Waals surface area contributed by atoms with Gasteiger partial charge in [0.25, 0.3) is 0 Å². The third kappa shape index (κ3) is 4.65. The van der Waals surface area contributed by atoms with E-state index in [4.69, 9.17) is 17.3 Å². The molecule has 0 aliphatic heterocycles. The topological polar surface area (TPSA) is 84.2 Å². The normalized spacial score (nSPS) is 9.56. The van der Waals surface area contributed by atoms with Crippen LogP contribution in [-0.4, -0.2) is 18.5 Å². The van der Waals surface area contributed by atoms with Crippen LogP contribution in [0.3, 0.4) is 0 Å². The second-order valence-corrected chi connectivity index (χ2v) is 3.54. The Kier molecular flexibility index (Phi) is 4.60. The molecule has 86 valence electrons.